The van der Waals surface area contributed by atoms with Crippen molar-refractivity contribution in [3.05, 3.63) is 30.1 Å². The third-order valence-electron chi connectivity index (χ3n) is 1.79. The molecular formula is C9H8N2O. The molecular weight excluding hydrogens is 152 g/mol. The standard InChI is InChI=1S/C9H8N2O/c1-6-4-7-8(5-9(6)12)11-3-2-10-7/h2-5,12H,1H3. The quantitative estimate of drug-likeness (QED) is 0.637. The van der Waals surface area contributed by atoms with E-state index in [1.54, 1.807) is 18.5 Å². The van der Waals surface area contributed by atoms with Crippen LogP contribution in [0.3, 0.4) is 0 Å². The molecule has 0 aliphatic carbocycles. The van der Waals surface area contributed by atoms with Crippen molar-refractivity contribution in [3.8, 4) is 5.75 Å². The molecule has 2 rings (SSSR count). The summed E-state index contributed by atoms with van der Waals surface area (Å²) in [6, 6.07) is 3.44. The molecule has 0 aliphatic rings. The SMILES string of the molecule is Cc1cc2nccnc2cc1O. The van der Waals surface area contributed by atoms with Gasteiger partial charge in [-0.1, -0.05) is 0 Å². The molecule has 1 N–H and O–H groups in total. The lowest BCUT2D eigenvalue weighted by molar-refractivity contribution is 0.472. The minimum atomic E-state index is 0.267. The molecule has 0 fully saturated rings. The highest BCUT2D eigenvalue weighted by molar-refractivity contribution is 5.76. The van der Waals surface area contributed by atoms with Gasteiger partial charge >= 0.3 is 0 Å². The normalized spacial score (nSPS) is 10.4. The van der Waals surface area contributed by atoms with Gasteiger partial charge in [0.25, 0.3) is 0 Å². The van der Waals surface area contributed by atoms with Crippen LogP contribution in [0.25, 0.3) is 11.0 Å². The average Bonchev–Trinajstić information content (AvgIpc) is 2.07. The van der Waals surface area contributed by atoms with E-state index >= 15 is 0 Å². The zero-order valence-corrected chi connectivity index (χ0v) is 6.65. The minimum Gasteiger partial charge on any atom is -0.508 e. The van der Waals surface area contributed by atoms with Gasteiger partial charge in [0, 0.05) is 18.5 Å². The van der Waals surface area contributed by atoms with Gasteiger partial charge in [-0.05, 0) is 18.6 Å². The number of phenolic OH excluding ortho intramolecular Hbond substituents is 1. The third kappa shape index (κ3) is 0.993. The van der Waals surface area contributed by atoms with Gasteiger partial charge in [-0.15, -0.1) is 0 Å². The first-order valence-electron chi connectivity index (χ1n) is 3.68. The van der Waals surface area contributed by atoms with Crippen LogP contribution in [0.2, 0.25) is 0 Å². The van der Waals surface area contributed by atoms with Gasteiger partial charge in [-0.25, -0.2) is 0 Å². The molecule has 0 aliphatic heterocycles. The number of rotatable bonds is 0. The summed E-state index contributed by atoms with van der Waals surface area (Å²) in [5.41, 5.74) is 2.36. The average molecular weight is 160 g/mol. The highest BCUT2D eigenvalue weighted by atomic mass is 16.3. The molecule has 0 unspecified atom stereocenters. The molecule has 60 valence electrons. The van der Waals surface area contributed by atoms with Crippen molar-refractivity contribution < 1.29 is 5.11 Å². The van der Waals surface area contributed by atoms with E-state index in [0.717, 1.165) is 16.6 Å². The van der Waals surface area contributed by atoms with Gasteiger partial charge in [0.15, 0.2) is 0 Å². The second-order valence-electron chi connectivity index (χ2n) is 2.68. The maximum Gasteiger partial charge on any atom is 0.120 e. The summed E-state index contributed by atoms with van der Waals surface area (Å²) < 4.78 is 0. The Morgan fingerprint density at radius 1 is 1.08 bits per heavy atom. The summed E-state index contributed by atoms with van der Waals surface area (Å²) in [6.45, 7) is 1.84. The second-order valence-corrected chi connectivity index (χ2v) is 2.68. The summed E-state index contributed by atoms with van der Waals surface area (Å²) in [4.78, 5) is 8.17. The number of hydrogen-bond donors (Lipinski definition) is 1. The predicted molar refractivity (Wildman–Crippen MR) is 45.9 cm³/mol. The number of aromatic hydroxyl groups is 1. The molecule has 0 atom stereocenters. The van der Waals surface area contributed by atoms with Crippen molar-refractivity contribution in [2.24, 2.45) is 0 Å². The van der Waals surface area contributed by atoms with Crippen LogP contribution in [0.1, 0.15) is 5.56 Å². The van der Waals surface area contributed by atoms with E-state index in [1.807, 2.05) is 13.0 Å². The van der Waals surface area contributed by atoms with E-state index in [1.165, 1.54) is 0 Å². The maximum absolute atomic E-state index is 9.35. The van der Waals surface area contributed by atoms with Crippen molar-refractivity contribution >= 4 is 11.0 Å². The second kappa shape index (κ2) is 2.44. The molecule has 0 radical (unpaired) electrons. The molecule has 0 amide bonds. The van der Waals surface area contributed by atoms with E-state index in [2.05, 4.69) is 9.97 Å². The Kier molecular flexibility index (Phi) is 1.43. The van der Waals surface area contributed by atoms with Crippen LogP contribution in [-0.4, -0.2) is 15.1 Å². The highest BCUT2D eigenvalue weighted by Gasteiger charge is 1.99. The maximum atomic E-state index is 9.35. The number of hydrogen-bond acceptors (Lipinski definition) is 3. The largest absolute Gasteiger partial charge is 0.508 e. The highest BCUT2D eigenvalue weighted by Crippen LogP contribution is 2.20. The number of benzene rings is 1. The van der Waals surface area contributed by atoms with Crippen molar-refractivity contribution in [1.29, 1.82) is 0 Å². The van der Waals surface area contributed by atoms with E-state index in [9.17, 15) is 5.11 Å². The molecule has 3 nitrogen and oxygen atoms in total. The van der Waals surface area contributed by atoms with Crippen LogP contribution < -0.4 is 0 Å². The fourth-order valence-electron chi connectivity index (χ4n) is 1.10. The smallest absolute Gasteiger partial charge is 0.120 e. The molecule has 1 aromatic heterocycles. The van der Waals surface area contributed by atoms with Crippen LogP contribution in [0.15, 0.2) is 24.5 Å². The van der Waals surface area contributed by atoms with Crippen LogP contribution in [0.5, 0.6) is 5.75 Å². The monoisotopic (exact) mass is 160 g/mol. The number of aryl methyl sites for hydroxylation is 1. The minimum absolute atomic E-state index is 0.267. The van der Waals surface area contributed by atoms with Crippen molar-refractivity contribution in [2.75, 3.05) is 0 Å². The lowest BCUT2D eigenvalue weighted by Gasteiger charge is -1.99. The molecule has 12 heavy (non-hydrogen) atoms. The summed E-state index contributed by atoms with van der Waals surface area (Å²) in [6.07, 6.45) is 3.25. The first kappa shape index (κ1) is 7.03. The Balaban J connectivity index is 2.84. The van der Waals surface area contributed by atoms with E-state index in [-0.39, 0.29) is 5.75 Å². The molecule has 0 saturated carbocycles. The van der Waals surface area contributed by atoms with Gasteiger partial charge in [-0.2, -0.15) is 0 Å². The lowest BCUT2D eigenvalue weighted by atomic mass is 10.2. The van der Waals surface area contributed by atoms with Crippen LogP contribution >= 0.6 is 0 Å². The van der Waals surface area contributed by atoms with E-state index in [4.69, 9.17) is 0 Å². The molecule has 2 aromatic rings. The Labute approximate surface area is 69.7 Å². The van der Waals surface area contributed by atoms with Gasteiger partial charge in [0.1, 0.15) is 5.75 Å². The van der Waals surface area contributed by atoms with Crippen LogP contribution in [0, 0.1) is 6.92 Å². The predicted octanol–water partition coefficient (Wildman–Crippen LogP) is 1.64. The molecule has 1 heterocycles. The molecule has 0 spiro atoms. The number of aromatic nitrogens is 2. The van der Waals surface area contributed by atoms with E-state index in [0.29, 0.717) is 0 Å². The molecule has 1 aromatic carbocycles. The fourth-order valence-corrected chi connectivity index (χ4v) is 1.10. The van der Waals surface area contributed by atoms with Gasteiger partial charge < -0.3 is 5.11 Å². The number of phenols is 1. The van der Waals surface area contributed by atoms with Gasteiger partial charge in [0.05, 0.1) is 11.0 Å². The third-order valence-corrected chi connectivity index (χ3v) is 1.79. The van der Waals surface area contributed by atoms with Crippen molar-refractivity contribution in [2.45, 2.75) is 6.92 Å². The van der Waals surface area contributed by atoms with Gasteiger partial charge in [-0.3, -0.25) is 9.97 Å². The van der Waals surface area contributed by atoms with Crippen molar-refractivity contribution in [3.63, 3.8) is 0 Å². The topological polar surface area (TPSA) is 46.0 Å². The van der Waals surface area contributed by atoms with E-state index < -0.39 is 0 Å². The van der Waals surface area contributed by atoms with Crippen molar-refractivity contribution in [1.82, 2.24) is 9.97 Å². The summed E-state index contributed by atoms with van der Waals surface area (Å²) in [7, 11) is 0. The molecule has 0 saturated heterocycles. The first-order valence-corrected chi connectivity index (χ1v) is 3.68. The summed E-state index contributed by atoms with van der Waals surface area (Å²) in [5.74, 6) is 0.267. The Morgan fingerprint density at radius 2 is 1.67 bits per heavy atom. The number of fused-ring (bicyclic) bond motifs is 1. The first-order chi connectivity index (χ1) is 5.77. The fraction of sp³-hybridized carbons (Fsp3) is 0.111. The van der Waals surface area contributed by atoms with Crippen LogP contribution in [0.4, 0.5) is 0 Å². The zero-order valence-electron chi connectivity index (χ0n) is 6.65. The summed E-state index contributed by atoms with van der Waals surface area (Å²) in [5, 5.41) is 9.35. The Morgan fingerprint density at radius 3 is 2.33 bits per heavy atom. The van der Waals surface area contributed by atoms with Crippen LogP contribution in [-0.2, 0) is 0 Å². The van der Waals surface area contributed by atoms with Gasteiger partial charge in [0.2, 0.25) is 0 Å². The lowest BCUT2D eigenvalue weighted by Crippen LogP contribution is -1.83. The molecule has 0 bridgehead atoms. The molecule has 3 heteroatoms. The number of nitrogens with zero attached hydrogens (tertiary/aromatic N) is 2. The summed E-state index contributed by atoms with van der Waals surface area (Å²) >= 11 is 0. The Hall–Kier alpha value is -1.64. The zero-order chi connectivity index (χ0) is 8.55. The Bertz CT molecular complexity index is 385.